The van der Waals surface area contributed by atoms with Crippen molar-refractivity contribution in [2.24, 2.45) is 12.9 Å². The zero-order valence-electron chi connectivity index (χ0n) is 10.5. The number of rotatable bonds is 3. The van der Waals surface area contributed by atoms with Gasteiger partial charge in [-0.1, -0.05) is 18.2 Å². The number of hydrogen-bond acceptors (Lipinski definition) is 5. The van der Waals surface area contributed by atoms with E-state index in [-0.39, 0.29) is 0 Å². The van der Waals surface area contributed by atoms with Crippen molar-refractivity contribution < 1.29 is 0 Å². The van der Waals surface area contributed by atoms with E-state index in [2.05, 4.69) is 20.7 Å². The molecule has 0 amide bonds. The van der Waals surface area contributed by atoms with Gasteiger partial charge in [-0.05, 0) is 18.2 Å². The third-order valence-electron chi connectivity index (χ3n) is 2.89. The number of nitrogens with one attached hydrogen (secondary N) is 2. The van der Waals surface area contributed by atoms with Crippen LogP contribution in [0.15, 0.2) is 42.6 Å². The van der Waals surface area contributed by atoms with Crippen LogP contribution in [0, 0.1) is 0 Å². The summed E-state index contributed by atoms with van der Waals surface area (Å²) in [5.41, 5.74) is 4.27. The van der Waals surface area contributed by atoms with Gasteiger partial charge in [0.2, 0.25) is 5.95 Å². The zero-order chi connectivity index (χ0) is 13.2. The highest BCUT2D eigenvalue weighted by atomic mass is 15.3. The maximum absolute atomic E-state index is 5.41. The Labute approximate surface area is 110 Å². The molecular weight excluding hydrogens is 240 g/mol. The number of para-hydroxylation sites is 1. The number of hydrazine groups is 1. The fourth-order valence-corrected chi connectivity index (χ4v) is 1.95. The second kappa shape index (κ2) is 4.58. The third-order valence-corrected chi connectivity index (χ3v) is 2.89. The van der Waals surface area contributed by atoms with E-state index in [1.54, 1.807) is 0 Å². The van der Waals surface area contributed by atoms with Crippen LogP contribution < -0.4 is 16.6 Å². The molecular formula is C13H14N6. The summed E-state index contributed by atoms with van der Waals surface area (Å²) in [4.78, 5) is 8.69. The Kier molecular flexibility index (Phi) is 2.77. The van der Waals surface area contributed by atoms with Crippen LogP contribution >= 0.6 is 0 Å². The largest absolute Gasteiger partial charge is 0.340 e. The average Bonchev–Trinajstić information content (AvgIpc) is 2.82. The highest BCUT2D eigenvalue weighted by molar-refractivity contribution is 5.90. The molecule has 96 valence electrons. The molecule has 3 aromatic rings. The summed E-state index contributed by atoms with van der Waals surface area (Å²) in [5, 5.41) is 4.22. The van der Waals surface area contributed by atoms with Crippen molar-refractivity contribution in [3.8, 4) is 0 Å². The second-order valence-corrected chi connectivity index (χ2v) is 4.20. The summed E-state index contributed by atoms with van der Waals surface area (Å²) in [7, 11) is 1.93. The third kappa shape index (κ3) is 2.09. The predicted octanol–water partition coefficient (Wildman–Crippen LogP) is 2.00. The molecule has 0 unspecified atom stereocenters. The lowest BCUT2D eigenvalue weighted by atomic mass is 10.3. The number of nitrogens with zero attached hydrogens (tertiary/aromatic N) is 3. The summed E-state index contributed by atoms with van der Waals surface area (Å²) in [6.07, 6.45) is 1.94. The maximum atomic E-state index is 5.41. The van der Waals surface area contributed by atoms with Crippen LogP contribution in [-0.4, -0.2) is 14.5 Å². The molecule has 3 rings (SSSR count). The number of fused-ring (bicyclic) bond motifs is 1. The van der Waals surface area contributed by atoms with Crippen LogP contribution in [0.4, 0.5) is 17.5 Å². The van der Waals surface area contributed by atoms with Gasteiger partial charge in [-0.2, -0.15) is 9.97 Å². The van der Waals surface area contributed by atoms with Crippen molar-refractivity contribution in [1.29, 1.82) is 0 Å². The first-order chi connectivity index (χ1) is 9.28. The second-order valence-electron chi connectivity index (χ2n) is 4.20. The average molecular weight is 254 g/mol. The summed E-state index contributed by atoms with van der Waals surface area (Å²) < 4.78 is 1.92. The van der Waals surface area contributed by atoms with Crippen LogP contribution in [-0.2, 0) is 7.05 Å². The molecule has 0 saturated heterocycles. The zero-order valence-corrected chi connectivity index (χ0v) is 10.5. The molecule has 0 spiro atoms. The van der Waals surface area contributed by atoms with Gasteiger partial charge in [0, 0.05) is 18.9 Å². The first kappa shape index (κ1) is 11.5. The van der Waals surface area contributed by atoms with Crippen molar-refractivity contribution in [3.05, 3.63) is 42.6 Å². The lowest BCUT2D eigenvalue weighted by Gasteiger charge is -2.09. The molecule has 0 radical (unpaired) electrons. The molecule has 0 fully saturated rings. The molecule has 1 aromatic carbocycles. The van der Waals surface area contributed by atoms with Crippen molar-refractivity contribution in [2.45, 2.75) is 0 Å². The molecule has 0 bridgehead atoms. The topological polar surface area (TPSA) is 80.8 Å². The predicted molar refractivity (Wildman–Crippen MR) is 76.0 cm³/mol. The first-order valence-corrected chi connectivity index (χ1v) is 5.89. The van der Waals surface area contributed by atoms with Gasteiger partial charge in [0.15, 0.2) is 0 Å². The van der Waals surface area contributed by atoms with Gasteiger partial charge in [0.05, 0.1) is 5.39 Å². The molecule has 0 saturated carbocycles. The maximum Gasteiger partial charge on any atom is 0.241 e. The van der Waals surface area contributed by atoms with E-state index in [4.69, 9.17) is 5.84 Å². The van der Waals surface area contributed by atoms with Crippen LogP contribution in [0.2, 0.25) is 0 Å². The van der Waals surface area contributed by atoms with Gasteiger partial charge in [-0.25, -0.2) is 5.84 Å². The number of aryl methyl sites for hydroxylation is 1. The highest BCUT2D eigenvalue weighted by Gasteiger charge is 2.10. The Balaban J connectivity index is 2.11. The lowest BCUT2D eigenvalue weighted by molar-refractivity contribution is 0.943. The molecule has 6 heteroatoms. The molecule has 2 heterocycles. The summed E-state index contributed by atoms with van der Waals surface area (Å²) in [5.74, 6) is 6.52. The van der Waals surface area contributed by atoms with Gasteiger partial charge in [-0.3, -0.25) is 5.43 Å². The van der Waals surface area contributed by atoms with E-state index in [9.17, 15) is 0 Å². The van der Waals surface area contributed by atoms with E-state index in [1.807, 2.05) is 54.2 Å². The molecule has 0 atom stereocenters. The fraction of sp³-hybridized carbons (Fsp3) is 0.0769. The van der Waals surface area contributed by atoms with Crippen molar-refractivity contribution >= 4 is 28.5 Å². The lowest BCUT2D eigenvalue weighted by Crippen LogP contribution is -2.12. The van der Waals surface area contributed by atoms with Crippen molar-refractivity contribution in [2.75, 3.05) is 10.7 Å². The Hall–Kier alpha value is -2.60. The minimum Gasteiger partial charge on any atom is -0.340 e. The SMILES string of the molecule is Cn1ccc2c(Nc3ccccc3)nc(NN)nc21. The minimum absolute atomic E-state index is 0.382. The molecule has 4 N–H and O–H groups in total. The molecule has 0 aliphatic rings. The molecule has 19 heavy (non-hydrogen) atoms. The quantitative estimate of drug-likeness (QED) is 0.492. The summed E-state index contributed by atoms with van der Waals surface area (Å²) in [6, 6.07) is 11.8. The fourth-order valence-electron chi connectivity index (χ4n) is 1.95. The van der Waals surface area contributed by atoms with E-state index in [1.165, 1.54) is 0 Å². The van der Waals surface area contributed by atoms with Crippen molar-refractivity contribution in [1.82, 2.24) is 14.5 Å². The number of benzene rings is 1. The number of aromatic nitrogens is 3. The number of nitrogens with two attached hydrogens (primary N) is 1. The smallest absolute Gasteiger partial charge is 0.241 e. The number of hydrogen-bond donors (Lipinski definition) is 3. The van der Waals surface area contributed by atoms with Crippen molar-refractivity contribution in [3.63, 3.8) is 0 Å². The van der Waals surface area contributed by atoms with E-state index in [0.717, 1.165) is 22.5 Å². The Morgan fingerprint density at radius 3 is 2.63 bits per heavy atom. The van der Waals surface area contributed by atoms with Gasteiger partial charge in [0.25, 0.3) is 0 Å². The standard InChI is InChI=1S/C13H14N6/c1-19-8-7-10-11(15-9-5-3-2-4-6-9)16-13(18-14)17-12(10)19/h2-8H,14H2,1H3,(H2,15,16,17,18). The van der Waals surface area contributed by atoms with Gasteiger partial charge >= 0.3 is 0 Å². The molecule has 6 nitrogen and oxygen atoms in total. The summed E-state index contributed by atoms with van der Waals surface area (Å²) >= 11 is 0. The van der Waals surface area contributed by atoms with Crippen LogP contribution in [0.25, 0.3) is 11.0 Å². The van der Waals surface area contributed by atoms with Gasteiger partial charge in [-0.15, -0.1) is 0 Å². The van der Waals surface area contributed by atoms with E-state index >= 15 is 0 Å². The monoisotopic (exact) mass is 254 g/mol. The first-order valence-electron chi connectivity index (χ1n) is 5.89. The summed E-state index contributed by atoms with van der Waals surface area (Å²) in [6.45, 7) is 0. The normalized spacial score (nSPS) is 10.6. The molecule has 0 aliphatic heterocycles. The van der Waals surface area contributed by atoms with Gasteiger partial charge in [0.1, 0.15) is 11.5 Å². The molecule has 0 aliphatic carbocycles. The van der Waals surface area contributed by atoms with E-state index < -0.39 is 0 Å². The Morgan fingerprint density at radius 1 is 1.11 bits per heavy atom. The van der Waals surface area contributed by atoms with Crippen LogP contribution in [0.5, 0.6) is 0 Å². The Morgan fingerprint density at radius 2 is 1.89 bits per heavy atom. The number of anilines is 3. The van der Waals surface area contributed by atoms with Gasteiger partial charge < -0.3 is 9.88 Å². The molecule has 2 aromatic heterocycles. The highest BCUT2D eigenvalue weighted by Crippen LogP contribution is 2.25. The minimum atomic E-state index is 0.382. The van der Waals surface area contributed by atoms with Crippen LogP contribution in [0.1, 0.15) is 0 Å². The Bertz CT molecular complexity index is 704. The van der Waals surface area contributed by atoms with Crippen LogP contribution in [0.3, 0.4) is 0 Å². The number of nitrogen functional groups attached to an aromatic ring is 1. The van der Waals surface area contributed by atoms with E-state index in [0.29, 0.717) is 5.95 Å².